The predicted molar refractivity (Wildman–Crippen MR) is 78.5 cm³/mol. The van der Waals surface area contributed by atoms with Crippen molar-refractivity contribution in [1.82, 2.24) is 10.6 Å². The van der Waals surface area contributed by atoms with Gasteiger partial charge >= 0.3 is 0 Å². The SMILES string of the molecule is Cl.O=C(Cc1ccccc1)NC1CC2CCC(C1)N2. The lowest BCUT2D eigenvalue weighted by molar-refractivity contribution is -0.121. The van der Waals surface area contributed by atoms with Crippen LogP contribution in [0, 0.1) is 0 Å². The van der Waals surface area contributed by atoms with Crippen LogP contribution in [0.1, 0.15) is 31.2 Å². The zero-order valence-electron chi connectivity index (χ0n) is 11.0. The zero-order valence-corrected chi connectivity index (χ0v) is 11.8. The Morgan fingerprint density at radius 3 is 2.42 bits per heavy atom. The van der Waals surface area contributed by atoms with Crippen molar-refractivity contribution in [3.8, 4) is 0 Å². The number of amides is 1. The first-order valence-electron chi connectivity index (χ1n) is 6.89. The molecule has 0 aliphatic carbocycles. The van der Waals surface area contributed by atoms with Crippen LogP contribution in [0.4, 0.5) is 0 Å². The lowest BCUT2D eigenvalue weighted by Crippen LogP contribution is -2.48. The van der Waals surface area contributed by atoms with E-state index in [1.807, 2.05) is 30.3 Å². The molecular weight excluding hydrogens is 260 g/mol. The van der Waals surface area contributed by atoms with Gasteiger partial charge in [0.1, 0.15) is 0 Å². The van der Waals surface area contributed by atoms with Gasteiger partial charge < -0.3 is 10.6 Å². The topological polar surface area (TPSA) is 41.1 Å². The number of hydrogen-bond donors (Lipinski definition) is 2. The average molecular weight is 281 g/mol. The lowest BCUT2D eigenvalue weighted by Gasteiger charge is -2.29. The molecule has 2 saturated heterocycles. The first-order chi connectivity index (χ1) is 8.79. The summed E-state index contributed by atoms with van der Waals surface area (Å²) >= 11 is 0. The molecule has 0 spiro atoms. The van der Waals surface area contributed by atoms with Crippen LogP contribution in [0.5, 0.6) is 0 Å². The number of fused-ring (bicyclic) bond motifs is 2. The highest BCUT2D eigenvalue weighted by molar-refractivity contribution is 5.85. The fourth-order valence-electron chi connectivity index (χ4n) is 3.24. The molecule has 0 radical (unpaired) electrons. The van der Waals surface area contributed by atoms with Gasteiger partial charge in [0.15, 0.2) is 0 Å². The van der Waals surface area contributed by atoms with Crippen LogP contribution in [0.3, 0.4) is 0 Å². The predicted octanol–water partition coefficient (Wildman–Crippen LogP) is 2.05. The van der Waals surface area contributed by atoms with E-state index in [1.54, 1.807) is 0 Å². The highest BCUT2D eigenvalue weighted by Crippen LogP contribution is 2.26. The van der Waals surface area contributed by atoms with E-state index in [2.05, 4.69) is 10.6 Å². The van der Waals surface area contributed by atoms with Crippen molar-refractivity contribution in [3.63, 3.8) is 0 Å². The summed E-state index contributed by atoms with van der Waals surface area (Å²) in [5.41, 5.74) is 1.09. The van der Waals surface area contributed by atoms with Crippen molar-refractivity contribution in [1.29, 1.82) is 0 Å². The number of carbonyl (C=O) groups excluding carboxylic acids is 1. The molecular formula is C15H21ClN2O. The van der Waals surface area contributed by atoms with Crippen LogP contribution in [0.25, 0.3) is 0 Å². The maximum absolute atomic E-state index is 12.0. The number of hydrogen-bond acceptors (Lipinski definition) is 2. The number of benzene rings is 1. The fourth-order valence-corrected chi connectivity index (χ4v) is 3.24. The molecule has 2 bridgehead atoms. The monoisotopic (exact) mass is 280 g/mol. The standard InChI is InChI=1S/C15H20N2O.ClH/c18-15(8-11-4-2-1-3-5-11)17-14-9-12-6-7-13(10-14)16-12;/h1-5,12-14,16H,6-10H2,(H,17,18);1H. The molecule has 19 heavy (non-hydrogen) atoms. The second kappa shape index (κ2) is 6.40. The largest absolute Gasteiger partial charge is 0.353 e. The molecule has 2 fully saturated rings. The van der Waals surface area contributed by atoms with Gasteiger partial charge in [-0.15, -0.1) is 12.4 Å². The average Bonchev–Trinajstić information content (AvgIpc) is 2.70. The van der Waals surface area contributed by atoms with Crippen molar-refractivity contribution >= 4 is 18.3 Å². The molecule has 0 saturated carbocycles. The minimum Gasteiger partial charge on any atom is -0.353 e. The van der Waals surface area contributed by atoms with Gasteiger partial charge in [0, 0.05) is 18.1 Å². The summed E-state index contributed by atoms with van der Waals surface area (Å²) in [6, 6.07) is 11.6. The molecule has 2 atom stereocenters. The van der Waals surface area contributed by atoms with E-state index in [-0.39, 0.29) is 18.3 Å². The van der Waals surface area contributed by atoms with Gasteiger partial charge in [-0.25, -0.2) is 0 Å². The van der Waals surface area contributed by atoms with Crippen LogP contribution >= 0.6 is 12.4 Å². The van der Waals surface area contributed by atoms with Crippen molar-refractivity contribution in [2.75, 3.05) is 0 Å². The Kier molecular flexibility index (Phi) is 4.83. The Labute approximate surface area is 120 Å². The minimum atomic E-state index is 0. The van der Waals surface area contributed by atoms with Gasteiger partial charge in [-0.3, -0.25) is 4.79 Å². The van der Waals surface area contributed by atoms with Crippen LogP contribution in [0.2, 0.25) is 0 Å². The van der Waals surface area contributed by atoms with Crippen LogP contribution in [-0.2, 0) is 11.2 Å². The van der Waals surface area contributed by atoms with Crippen molar-refractivity contribution in [2.45, 2.75) is 50.2 Å². The summed E-state index contributed by atoms with van der Waals surface area (Å²) in [7, 11) is 0. The van der Waals surface area contributed by atoms with Gasteiger partial charge in [-0.05, 0) is 31.2 Å². The first-order valence-corrected chi connectivity index (χ1v) is 6.89. The number of piperidine rings is 1. The molecule has 2 heterocycles. The highest BCUT2D eigenvalue weighted by Gasteiger charge is 2.33. The number of nitrogens with one attached hydrogen (secondary N) is 2. The Morgan fingerprint density at radius 1 is 1.16 bits per heavy atom. The van der Waals surface area contributed by atoms with Crippen molar-refractivity contribution in [3.05, 3.63) is 35.9 Å². The normalized spacial score (nSPS) is 28.5. The zero-order chi connectivity index (χ0) is 12.4. The lowest BCUT2D eigenvalue weighted by atomic mass is 9.99. The van der Waals surface area contributed by atoms with Crippen molar-refractivity contribution < 1.29 is 4.79 Å². The maximum Gasteiger partial charge on any atom is 0.224 e. The quantitative estimate of drug-likeness (QED) is 0.890. The van der Waals surface area contributed by atoms with Crippen LogP contribution in [0.15, 0.2) is 30.3 Å². The van der Waals surface area contributed by atoms with E-state index >= 15 is 0 Å². The smallest absolute Gasteiger partial charge is 0.224 e. The Balaban J connectivity index is 0.00000133. The molecule has 0 aromatic heterocycles. The summed E-state index contributed by atoms with van der Waals surface area (Å²) in [5, 5.41) is 6.78. The molecule has 2 N–H and O–H groups in total. The molecule has 4 heteroatoms. The summed E-state index contributed by atoms with van der Waals surface area (Å²) < 4.78 is 0. The third kappa shape index (κ3) is 3.71. The molecule has 3 nitrogen and oxygen atoms in total. The molecule has 2 unspecified atom stereocenters. The van der Waals surface area contributed by atoms with Crippen LogP contribution < -0.4 is 10.6 Å². The molecule has 3 rings (SSSR count). The summed E-state index contributed by atoms with van der Waals surface area (Å²) in [5.74, 6) is 0.160. The second-order valence-electron chi connectivity index (χ2n) is 5.54. The molecule has 104 valence electrons. The molecule has 1 aromatic rings. The molecule has 1 amide bonds. The number of carbonyl (C=O) groups is 1. The summed E-state index contributed by atoms with van der Waals surface area (Å²) in [6.45, 7) is 0. The number of rotatable bonds is 3. The second-order valence-corrected chi connectivity index (χ2v) is 5.54. The summed E-state index contributed by atoms with van der Waals surface area (Å²) in [4.78, 5) is 12.0. The van der Waals surface area contributed by atoms with Gasteiger partial charge in [-0.2, -0.15) is 0 Å². The first kappa shape index (κ1) is 14.4. The van der Waals surface area contributed by atoms with E-state index in [0.717, 1.165) is 18.4 Å². The third-order valence-corrected chi connectivity index (χ3v) is 4.05. The molecule has 2 aliphatic heterocycles. The van der Waals surface area contributed by atoms with Gasteiger partial charge in [0.25, 0.3) is 0 Å². The maximum atomic E-state index is 12.0. The molecule has 2 aliphatic rings. The number of halogens is 1. The summed E-state index contributed by atoms with van der Waals surface area (Å²) in [6.07, 6.45) is 5.24. The Morgan fingerprint density at radius 2 is 1.79 bits per heavy atom. The Hall–Kier alpha value is -1.06. The van der Waals surface area contributed by atoms with E-state index in [9.17, 15) is 4.79 Å². The fraction of sp³-hybridized carbons (Fsp3) is 0.533. The van der Waals surface area contributed by atoms with E-state index in [4.69, 9.17) is 0 Å². The Bertz CT molecular complexity index is 411. The van der Waals surface area contributed by atoms with Gasteiger partial charge in [0.05, 0.1) is 6.42 Å². The minimum absolute atomic E-state index is 0. The van der Waals surface area contributed by atoms with Crippen LogP contribution in [-0.4, -0.2) is 24.0 Å². The molecule has 1 aromatic carbocycles. The van der Waals surface area contributed by atoms with E-state index in [1.165, 1.54) is 12.8 Å². The highest BCUT2D eigenvalue weighted by atomic mass is 35.5. The van der Waals surface area contributed by atoms with Gasteiger partial charge in [0.2, 0.25) is 5.91 Å². The van der Waals surface area contributed by atoms with Crippen molar-refractivity contribution in [2.24, 2.45) is 0 Å². The van der Waals surface area contributed by atoms with E-state index in [0.29, 0.717) is 24.5 Å². The third-order valence-electron chi connectivity index (χ3n) is 4.05. The van der Waals surface area contributed by atoms with E-state index < -0.39 is 0 Å². The van der Waals surface area contributed by atoms with Gasteiger partial charge in [-0.1, -0.05) is 30.3 Å².